The highest BCUT2D eigenvalue weighted by atomic mass is 16.4. The van der Waals surface area contributed by atoms with Crippen molar-refractivity contribution < 1.29 is 20.1 Å². The first-order valence-electron chi connectivity index (χ1n) is 11.8. The molecule has 3 N–H and O–H groups in total. The number of fused-ring (bicyclic) bond motifs is 5. The Morgan fingerprint density at radius 3 is 2.50 bits per heavy atom. The zero-order chi connectivity index (χ0) is 20.3. The Balaban J connectivity index is 1.56. The number of aliphatic hydroxyl groups excluding tert-OH is 2. The summed E-state index contributed by atoms with van der Waals surface area (Å²) >= 11 is 0. The summed E-state index contributed by atoms with van der Waals surface area (Å²) in [6.07, 6.45) is 9.26. The van der Waals surface area contributed by atoms with Crippen LogP contribution in [0.4, 0.5) is 0 Å². The standard InChI is InChI=1S/C24H40O4/c1-14(4-9-22(27)28)18-7-8-19-17-6-5-15-12-16(25)10-11-23(15,2)20(17)13-21(26)24(18,19)3/h14-21,25-26H,4-13H2,1-3H3,(H,27,28)/t14-,15+,16-,17+,18+,19-,20-,21-,23+,24+/m1/s1. The third kappa shape index (κ3) is 3.05. The summed E-state index contributed by atoms with van der Waals surface area (Å²) in [5, 5.41) is 30.8. The summed E-state index contributed by atoms with van der Waals surface area (Å²) in [5.41, 5.74) is 0.216. The van der Waals surface area contributed by atoms with Crippen LogP contribution in [0.25, 0.3) is 0 Å². The van der Waals surface area contributed by atoms with Crippen LogP contribution in [0, 0.1) is 46.3 Å². The first kappa shape index (κ1) is 20.7. The van der Waals surface area contributed by atoms with Crippen LogP contribution in [0.5, 0.6) is 0 Å². The van der Waals surface area contributed by atoms with Crippen LogP contribution in [0.15, 0.2) is 0 Å². The summed E-state index contributed by atoms with van der Waals surface area (Å²) in [4.78, 5) is 11.1. The van der Waals surface area contributed by atoms with Crippen molar-refractivity contribution in [3.63, 3.8) is 0 Å². The molecule has 0 spiro atoms. The van der Waals surface area contributed by atoms with Crippen molar-refractivity contribution in [2.24, 2.45) is 46.3 Å². The SMILES string of the molecule is C[C@H](CCC(=O)O)[C@@H]1CC[C@@H]2[C@@H]3CC[C@H]4C[C@H](O)CC[C@]4(C)[C@@H]3C[C@@H](O)[C@]21C. The Morgan fingerprint density at radius 2 is 1.79 bits per heavy atom. The minimum absolute atomic E-state index is 0.0591. The van der Waals surface area contributed by atoms with Gasteiger partial charge in [-0.3, -0.25) is 4.79 Å². The summed E-state index contributed by atoms with van der Waals surface area (Å²) in [6.45, 7) is 6.99. The number of hydrogen-bond acceptors (Lipinski definition) is 3. The lowest BCUT2D eigenvalue weighted by Crippen LogP contribution is -2.58. The maximum Gasteiger partial charge on any atom is 0.303 e. The van der Waals surface area contributed by atoms with Gasteiger partial charge >= 0.3 is 5.97 Å². The molecule has 0 aromatic rings. The third-order valence-corrected chi connectivity index (χ3v) is 10.3. The van der Waals surface area contributed by atoms with Crippen molar-refractivity contribution in [1.82, 2.24) is 0 Å². The molecule has 0 unspecified atom stereocenters. The predicted molar refractivity (Wildman–Crippen MR) is 109 cm³/mol. The second-order valence-corrected chi connectivity index (χ2v) is 11.3. The van der Waals surface area contributed by atoms with Crippen LogP contribution >= 0.6 is 0 Å². The summed E-state index contributed by atoms with van der Waals surface area (Å²) < 4.78 is 0. The van der Waals surface area contributed by atoms with Crippen molar-refractivity contribution in [2.45, 2.75) is 97.2 Å². The van der Waals surface area contributed by atoms with Crippen LogP contribution < -0.4 is 0 Å². The molecule has 160 valence electrons. The Bertz CT molecular complexity index is 605. The maximum absolute atomic E-state index is 11.5. The maximum atomic E-state index is 11.5. The zero-order valence-corrected chi connectivity index (χ0v) is 17.9. The molecule has 0 amide bonds. The number of rotatable bonds is 4. The fourth-order valence-corrected chi connectivity index (χ4v) is 8.71. The molecular weight excluding hydrogens is 352 g/mol. The van der Waals surface area contributed by atoms with E-state index in [2.05, 4.69) is 20.8 Å². The lowest BCUT2D eigenvalue weighted by atomic mass is 9.43. The van der Waals surface area contributed by atoms with Gasteiger partial charge in [0.05, 0.1) is 12.2 Å². The Hall–Kier alpha value is -0.610. The van der Waals surface area contributed by atoms with Gasteiger partial charge in [0.15, 0.2) is 0 Å². The van der Waals surface area contributed by atoms with Gasteiger partial charge in [-0.1, -0.05) is 20.8 Å². The Morgan fingerprint density at radius 1 is 1.04 bits per heavy atom. The summed E-state index contributed by atoms with van der Waals surface area (Å²) in [7, 11) is 0. The molecule has 0 heterocycles. The number of carboxylic acids is 1. The summed E-state index contributed by atoms with van der Waals surface area (Å²) in [5.74, 6) is 2.55. The van der Waals surface area contributed by atoms with E-state index in [0.29, 0.717) is 35.5 Å². The highest BCUT2D eigenvalue weighted by molar-refractivity contribution is 5.66. The van der Waals surface area contributed by atoms with Crippen LogP contribution in [-0.4, -0.2) is 33.5 Å². The van der Waals surface area contributed by atoms with Gasteiger partial charge < -0.3 is 15.3 Å². The second-order valence-electron chi connectivity index (χ2n) is 11.3. The molecule has 10 atom stereocenters. The number of hydrogen-bond donors (Lipinski definition) is 3. The zero-order valence-electron chi connectivity index (χ0n) is 17.9. The number of carboxylic acid groups (broad SMARTS) is 1. The van der Waals surface area contributed by atoms with Crippen LogP contribution in [0.1, 0.15) is 85.0 Å². The van der Waals surface area contributed by atoms with E-state index in [4.69, 9.17) is 5.11 Å². The molecule has 4 aliphatic carbocycles. The highest BCUT2D eigenvalue weighted by Crippen LogP contribution is 2.68. The van der Waals surface area contributed by atoms with Crippen molar-refractivity contribution in [3.05, 3.63) is 0 Å². The van der Waals surface area contributed by atoms with Crippen molar-refractivity contribution >= 4 is 5.97 Å². The minimum Gasteiger partial charge on any atom is -0.481 e. The molecule has 0 aromatic carbocycles. The average Bonchev–Trinajstić information content (AvgIpc) is 3.00. The van der Waals surface area contributed by atoms with Gasteiger partial charge in [-0.2, -0.15) is 0 Å². The third-order valence-electron chi connectivity index (χ3n) is 10.3. The second kappa shape index (κ2) is 7.27. The molecule has 0 aromatic heterocycles. The lowest BCUT2D eigenvalue weighted by molar-refractivity contribution is -0.175. The van der Waals surface area contributed by atoms with Gasteiger partial charge in [0.1, 0.15) is 0 Å². The first-order chi connectivity index (χ1) is 13.2. The summed E-state index contributed by atoms with van der Waals surface area (Å²) in [6, 6.07) is 0. The molecule has 4 heteroatoms. The van der Waals surface area contributed by atoms with E-state index < -0.39 is 5.97 Å². The van der Waals surface area contributed by atoms with Gasteiger partial charge in [-0.05, 0) is 104 Å². The van der Waals surface area contributed by atoms with Gasteiger partial charge in [0.25, 0.3) is 0 Å². The number of carbonyl (C=O) groups is 1. The van der Waals surface area contributed by atoms with Crippen molar-refractivity contribution in [1.29, 1.82) is 0 Å². The normalized spacial score (nSPS) is 51.7. The molecular formula is C24H40O4. The van der Waals surface area contributed by atoms with Crippen molar-refractivity contribution in [2.75, 3.05) is 0 Å². The molecule has 4 rings (SSSR count). The molecule has 0 bridgehead atoms. The first-order valence-corrected chi connectivity index (χ1v) is 11.8. The van der Waals surface area contributed by atoms with E-state index in [0.717, 1.165) is 38.5 Å². The number of aliphatic carboxylic acids is 1. The van der Waals surface area contributed by atoms with Gasteiger partial charge in [-0.15, -0.1) is 0 Å². The fourth-order valence-electron chi connectivity index (χ4n) is 8.71. The Labute approximate surface area is 170 Å². The average molecular weight is 393 g/mol. The van der Waals surface area contributed by atoms with Gasteiger partial charge in [0.2, 0.25) is 0 Å². The molecule has 0 radical (unpaired) electrons. The predicted octanol–water partition coefficient (Wildman–Crippen LogP) is 4.48. The van der Waals surface area contributed by atoms with Gasteiger partial charge in [0, 0.05) is 6.42 Å². The minimum atomic E-state index is -0.707. The van der Waals surface area contributed by atoms with E-state index in [1.54, 1.807) is 0 Å². The van der Waals surface area contributed by atoms with Crippen LogP contribution in [0.3, 0.4) is 0 Å². The quantitative estimate of drug-likeness (QED) is 0.659. The molecule has 4 aliphatic rings. The van der Waals surface area contributed by atoms with E-state index in [-0.39, 0.29) is 29.5 Å². The largest absolute Gasteiger partial charge is 0.481 e. The highest BCUT2D eigenvalue weighted by Gasteiger charge is 2.63. The topological polar surface area (TPSA) is 77.8 Å². The molecule has 0 aliphatic heterocycles. The smallest absolute Gasteiger partial charge is 0.303 e. The van der Waals surface area contributed by atoms with Gasteiger partial charge in [-0.25, -0.2) is 0 Å². The van der Waals surface area contributed by atoms with Crippen LogP contribution in [-0.2, 0) is 4.79 Å². The monoisotopic (exact) mass is 392 g/mol. The Kier molecular flexibility index (Phi) is 5.36. The van der Waals surface area contributed by atoms with Crippen molar-refractivity contribution in [3.8, 4) is 0 Å². The van der Waals surface area contributed by atoms with E-state index in [9.17, 15) is 15.0 Å². The van der Waals surface area contributed by atoms with E-state index >= 15 is 0 Å². The molecule has 4 saturated carbocycles. The molecule has 4 nitrogen and oxygen atoms in total. The lowest BCUT2D eigenvalue weighted by Gasteiger charge is -2.62. The molecule has 28 heavy (non-hydrogen) atoms. The fraction of sp³-hybridized carbons (Fsp3) is 0.958. The molecule has 0 saturated heterocycles. The number of aliphatic hydroxyl groups is 2. The van der Waals surface area contributed by atoms with E-state index in [1.165, 1.54) is 19.3 Å². The molecule has 4 fully saturated rings. The van der Waals surface area contributed by atoms with E-state index in [1.807, 2.05) is 0 Å². The van der Waals surface area contributed by atoms with Crippen LogP contribution in [0.2, 0.25) is 0 Å².